The maximum atomic E-state index is 3.34. The molecule has 1 aliphatic heterocycles. The summed E-state index contributed by atoms with van der Waals surface area (Å²) in [7, 11) is 2.10. The van der Waals surface area contributed by atoms with Crippen molar-refractivity contribution in [1.82, 2.24) is 0 Å². The molecule has 0 aliphatic carbocycles. The molecule has 0 spiro atoms. The molecule has 0 fully saturated rings. The third kappa shape index (κ3) is 0.951. The van der Waals surface area contributed by atoms with Crippen LogP contribution in [0.5, 0.6) is 0 Å². The lowest BCUT2D eigenvalue weighted by molar-refractivity contribution is 1.03. The van der Waals surface area contributed by atoms with Crippen LogP contribution in [0.1, 0.15) is 11.1 Å². The number of rotatable bonds is 0. The Hall–Kier alpha value is -1.18. The maximum Gasteiger partial charge on any atom is 0.0874 e. The van der Waals surface area contributed by atoms with E-state index in [4.69, 9.17) is 0 Å². The zero-order valence-electron chi connectivity index (χ0n) is 7.81. The summed E-state index contributed by atoms with van der Waals surface area (Å²) in [6.45, 7) is 5.23. The van der Waals surface area contributed by atoms with Crippen molar-refractivity contribution in [3.63, 3.8) is 0 Å². The quantitative estimate of drug-likeness (QED) is 0.628. The van der Waals surface area contributed by atoms with Gasteiger partial charge in [0.15, 0.2) is 0 Å². The number of fused-ring (bicyclic) bond motifs is 1. The van der Waals surface area contributed by atoms with Gasteiger partial charge >= 0.3 is 0 Å². The van der Waals surface area contributed by atoms with E-state index in [1.165, 1.54) is 22.5 Å². The topological polar surface area (TPSA) is 15.3 Å². The van der Waals surface area contributed by atoms with Gasteiger partial charge in [0, 0.05) is 7.05 Å². The van der Waals surface area contributed by atoms with Crippen LogP contribution in [0.15, 0.2) is 12.1 Å². The normalized spacial score (nSPS) is 14.4. The summed E-state index contributed by atoms with van der Waals surface area (Å²) >= 11 is 0. The van der Waals surface area contributed by atoms with Crippen LogP contribution in [0.25, 0.3) is 0 Å². The van der Waals surface area contributed by atoms with Crippen molar-refractivity contribution in [2.24, 2.45) is 0 Å². The molecule has 12 heavy (non-hydrogen) atoms. The first kappa shape index (κ1) is 7.47. The van der Waals surface area contributed by atoms with Crippen LogP contribution < -0.4 is 10.2 Å². The van der Waals surface area contributed by atoms with Gasteiger partial charge in [-0.1, -0.05) is 0 Å². The van der Waals surface area contributed by atoms with E-state index in [1.807, 2.05) is 0 Å². The second-order valence-corrected chi connectivity index (χ2v) is 3.49. The number of aryl methyl sites for hydroxylation is 2. The lowest BCUT2D eigenvalue weighted by atomic mass is 10.1. The average molecular weight is 162 g/mol. The molecule has 1 N–H and O–H groups in total. The Morgan fingerprint density at radius 3 is 2.67 bits per heavy atom. The van der Waals surface area contributed by atoms with Gasteiger partial charge in [0.05, 0.1) is 18.0 Å². The molecule has 0 aromatic heterocycles. The SMILES string of the molecule is Cc1cc2c(cc1C)N(C)CN2. The van der Waals surface area contributed by atoms with E-state index >= 15 is 0 Å². The molecule has 2 heteroatoms. The number of nitrogens with one attached hydrogen (secondary N) is 1. The molecule has 64 valence electrons. The van der Waals surface area contributed by atoms with E-state index < -0.39 is 0 Å². The predicted molar refractivity (Wildman–Crippen MR) is 52.8 cm³/mol. The minimum absolute atomic E-state index is 0.929. The standard InChI is InChI=1S/C10H14N2/c1-7-4-9-10(5-8(7)2)12(3)6-11-9/h4-5,11H,6H2,1-3H3. The Morgan fingerprint density at radius 1 is 1.25 bits per heavy atom. The van der Waals surface area contributed by atoms with E-state index in [0.717, 1.165) is 6.67 Å². The van der Waals surface area contributed by atoms with Crippen LogP contribution in [0.2, 0.25) is 0 Å². The summed E-state index contributed by atoms with van der Waals surface area (Å²) in [5.74, 6) is 0. The highest BCUT2D eigenvalue weighted by Crippen LogP contribution is 2.32. The fraction of sp³-hybridized carbons (Fsp3) is 0.400. The summed E-state index contributed by atoms with van der Waals surface area (Å²) in [4.78, 5) is 2.22. The van der Waals surface area contributed by atoms with Crippen molar-refractivity contribution in [1.29, 1.82) is 0 Å². The van der Waals surface area contributed by atoms with Gasteiger partial charge in [0.2, 0.25) is 0 Å². The lowest BCUT2D eigenvalue weighted by Gasteiger charge is -2.11. The van der Waals surface area contributed by atoms with Crippen LogP contribution in [-0.2, 0) is 0 Å². The Labute approximate surface area is 73.2 Å². The summed E-state index contributed by atoms with van der Waals surface area (Å²) in [5, 5.41) is 3.34. The Kier molecular flexibility index (Phi) is 1.50. The predicted octanol–water partition coefficient (Wildman–Crippen LogP) is 2.12. The van der Waals surface area contributed by atoms with Gasteiger partial charge in [-0.05, 0) is 37.1 Å². The van der Waals surface area contributed by atoms with Gasteiger partial charge in [-0.3, -0.25) is 0 Å². The second kappa shape index (κ2) is 2.41. The molecular formula is C10H14N2. The minimum Gasteiger partial charge on any atom is -0.366 e. The third-order valence-electron chi connectivity index (χ3n) is 2.53. The second-order valence-electron chi connectivity index (χ2n) is 3.49. The van der Waals surface area contributed by atoms with Crippen molar-refractivity contribution >= 4 is 11.4 Å². The maximum absolute atomic E-state index is 3.34. The molecule has 0 radical (unpaired) electrons. The molecule has 2 rings (SSSR count). The van der Waals surface area contributed by atoms with Crippen LogP contribution in [-0.4, -0.2) is 13.7 Å². The van der Waals surface area contributed by atoms with E-state index in [0.29, 0.717) is 0 Å². The summed E-state index contributed by atoms with van der Waals surface area (Å²) < 4.78 is 0. The van der Waals surface area contributed by atoms with Crippen LogP contribution in [0.3, 0.4) is 0 Å². The van der Waals surface area contributed by atoms with Crippen molar-refractivity contribution in [2.45, 2.75) is 13.8 Å². The van der Waals surface area contributed by atoms with Crippen LogP contribution in [0.4, 0.5) is 11.4 Å². The molecule has 1 aliphatic rings. The number of benzene rings is 1. The van der Waals surface area contributed by atoms with Gasteiger partial charge in [-0.15, -0.1) is 0 Å². The van der Waals surface area contributed by atoms with Gasteiger partial charge in [0.1, 0.15) is 0 Å². The monoisotopic (exact) mass is 162 g/mol. The Balaban J connectivity index is 2.56. The molecule has 0 bridgehead atoms. The molecule has 1 aromatic rings. The van der Waals surface area contributed by atoms with Gasteiger partial charge in [-0.25, -0.2) is 0 Å². The van der Waals surface area contributed by atoms with Crippen LogP contribution in [0, 0.1) is 13.8 Å². The first-order valence-corrected chi connectivity index (χ1v) is 4.25. The Bertz CT molecular complexity index is 318. The smallest absolute Gasteiger partial charge is 0.0874 e. The van der Waals surface area contributed by atoms with Crippen molar-refractivity contribution in [3.05, 3.63) is 23.3 Å². The van der Waals surface area contributed by atoms with Crippen molar-refractivity contribution in [2.75, 3.05) is 23.9 Å². The molecule has 1 aromatic carbocycles. The molecule has 2 nitrogen and oxygen atoms in total. The molecule has 0 unspecified atom stereocenters. The molecule has 1 heterocycles. The van der Waals surface area contributed by atoms with Crippen molar-refractivity contribution < 1.29 is 0 Å². The fourth-order valence-corrected chi connectivity index (χ4v) is 1.55. The number of hydrogen-bond donors (Lipinski definition) is 1. The first-order valence-electron chi connectivity index (χ1n) is 4.25. The third-order valence-corrected chi connectivity index (χ3v) is 2.53. The highest BCUT2D eigenvalue weighted by Gasteiger charge is 2.14. The van der Waals surface area contributed by atoms with Gasteiger partial charge < -0.3 is 10.2 Å². The minimum atomic E-state index is 0.929. The van der Waals surface area contributed by atoms with Crippen LogP contribution >= 0.6 is 0 Å². The van der Waals surface area contributed by atoms with E-state index in [-0.39, 0.29) is 0 Å². The molecule has 0 saturated carbocycles. The Morgan fingerprint density at radius 2 is 1.92 bits per heavy atom. The molecular weight excluding hydrogens is 148 g/mol. The summed E-state index contributed by atoms with van der Waals surface area (Å²) in [6.07, 6.45) is 0. The van der Waals surface area contributed by atoms with E-state index in [2.05, 4.69) is 43.2 Å². The highest BCUT2D eigenvalue weighted by molar-refractivity contribution is 5.76. The zero-order chi connectivity index (χ0) is 8.72. The van der Waals surface area contributed by atoms with Gasteiger partial charge in [-0.2, -0.15) is 0 Å². The zero-order valence-corrected chi connectivity index (χ0v) is 7.81. The molecule has 0 saturated heterocycles. The first-order chi connectivity index (χ1) is 5.68. The number of hydrogen-bond acceptors (Lipinski definition) is 2. The molecule has 0 atom stereocenters. The van der Waals surface area contributed by atoms with Crippen molar-refractivity contribution in [3.8, 4) is 0 Å². The van der Waals surface area contributed by atoms with Gasteiger partial charge in [0.25, 0.3) is 0 Å². The summed E-state index contributed by atoms with van der Waals surface area (Å²) in [6, 6.07) is 4.46. The summed E-state index contributed by atoms with van der Waals surface area (Å²) in [5.41, 5.74) is 5.31. The number of nitrogens with zero attached hydrogens (tertiary/aromatic N) is 1. The highest BCUT2D eigenvalue weighted by atomic mass is 15.3. The van der Waals surface area contributed by atoms with E-state index in [1.54, 1.807) is 0 Å². The fourth-order valence-electron chi connectivity index (χ4n) is 1.55. The lowest BCUT2D eigenvalue weighted by Crippen LogP contribution is -2.15. The largest absolute Gasteiger partial charge is 0.366 e. The number of anilines is 2. The average Bonchev–Trinajstić information content (AvgIpc) is 2.35. The molecule has 0 amide bonds. The van der Waals surface area contributed by atoms with E-state index in [9.17, 15) is 0 Å².